The van der Waals surface area contributed by atoms with Crippen molar-refractivity contribution in [2.24, 2.45) is 23.7 Å². The number of unbranched alkanes of at least 4 members (excludes halogenated alkanes) is 36. The Hall–Kier alpha value is -1.94. The minimum atomic E-state index is -4.96. The van der Waals surface area contributed by atoms with Crippen molar-refractivity contribution < 1.29 is 80.2 Å². The molecule has 0 radical (unpaired) electrons. The van der Waals surface area contributed by atoms with Crippen molar-refractivity contribution in [1.82, 2.24) is 0 Å². The van der Waals surface area contributed by atoms with E-state index in [0.717, 1.165) is 120 Å². The van der Waals surface area contributed by atoms with Gasteiger partial charge in [0.25, 0.3) is 0 Å². The summed E-state index contributed by atoms with van der Waals surface area (Å²) < 4.78 is 68.4. The molecule has 7 atom stereocenters. The first-order chi connectivity index (χ1) is 45.2. The van der Waals surface area contributed by atoms with Gasteiger partial charge in [-0.3, -0.25) is 37.3 Å². The molecule has 558 valence electrons. The lowest BCUT2D eigenvalue weighted by Crippen LogP contribution is -2.30. The van der Waals surface area contributed by atoms with E-state index in [1.807, 2.05) is 0 Å². The number of phosphoric ester groups is 2. The summed E-state index contributed by atoms with van der Waals surface area (Å²) in [6, 6.07) is 0. The molecule has 0 aliphatic heterocycles. The van der Waals surface area contributed by atoms with Gasteiger partial charge in [-0.15, -0.1) is 0 Å². The Labute approximate surface area is 575 Å². The molecule has 0 fully saturated rings. The molecule has 0 aliphatic rings. The SMILES string of the molecule is CCC(C)CCCCCCCCC(=O)OC[C@H](COP(=O)(O)OC[C@H](O)COP(=O)(O)OC[C@@H](COC(=O)CCCCCCCCCCCCCCCCCCCCC(C)C)OC(=O)CCCCCCCCC(C)CC)OC(=O)CCCCCCCCCCCCC(C)C. The maximum atomic E-state index is 13.0. The molecule has 0 heterocycles. The van der Waals surface area contributed by atoms with E-state index in [0.29, 0.717) is 25.7 Å². The largest absolute Gasteiger partial charge is 0.472 e. The normalized spacial score (nSPS) is 14.7. The van der Waals surface area contributed by atoms with Crippen LogP contribution in [-0.2, 0) is 65.4 Å². The molecule has 0 rings (SSSR count). The maximum absolute atomic E-state index is 13.0. The molecule has 0 amide bonds. The molecule has 4 unspecified atom stereocenters. The van der Waals surface area contributed by atoms with Gasteiger partial charge in [0.05, 0.1) is 26.4 Å². The van der Waals surface area contributed by atoms with Crippen LogP contribution in [0.15, 0.2) is 0 Å². The highest BCUT2D eigenvalue weighted by molar-refractivity contribution is 7.47. The van der Waals surface area contributed by atoms with Crippen molar-refractivity contribution in [3.8, 4) is 0 Å². The number of phosphoric acid groups is 2. The molecule has 0 spiro atoms. The predicted octanol–water partition coefficient (Wildman–Crippen LogP) is 21.7. The number of aliphatic hydroxyl groups is 1. The topological polar surface area (TPSA) is 237 Å². The smallest absolute Gasteiger partial charge is 0.462 e. The number of carbonyl (C=O) groups is 4. The highest BCUT2D eigenvalue weighted by atomic mass is 31.2. The van der Waals surface area contributed by atoms with E-state index in [4.69, 9.17) is 37.0 Å². The second-order valence-corrected chi connectivity index (χ2v) is 31.4. The zero-order valence-electron chi connectivity index (χ0n) is 61.6. The van der Waals surface area contributed by atoms with Gasteiger partial charge in [0.1, 0.15) is 19.3 Å². The van der Waals surface area contributed by atoms with Gasteiger partial charge < -0.3 is 33.8 Å². The molecule has 0 bridgehead atoms. The lowest BCUT2D eigenvalue weighted by molar-refractivity contribution is -0.161. The number of hydrogen-bond donors (Lipinski definition) is 3. The van der Waals surface area contributed by atoms with Gasteiger partial charge in [0.15, 0.2) is 12.2 Å². The van der Waals surface area contributed by atoms with Crippen LogP contribution in [0.1, 0.15) is 376 Å². The number of aliphatic hydroxyl groups excluding tert-OH is 1. The fraction of sp³-hybridized carbons (Fsp3) is 0.947. The molecule has 3 N–H and O–H groups in total. The average Bonchev–Trinajstić information content (AvgIpc) is 1.43. The summed E-state index contributed by atoms with van der Waals surface area (Å²) in [6.07, 6.45) is 48.8. The lowest BCUT2D eigenvalue weighted by Gasteiger charge is -2.21. The standard InChI is InChI=1S/C75H146O17P2/c1-9-67(7)53-45-37-31-33-40-48-56-73(78)86-62-70(91-74(79)57-49-41-30-26-22-21-24-28-36-44-52-66(5)6)63-89-93(81,82)87-59-69(76)60-88-94(83,84)90-64-71(92-75(80)58-50-42-34-32-38-46-54-68(8)10-2)61-85-72(77)55-47-39-29-25-20-18-16-14-12-11-13-15-17-19-23-27-35-43-51-65(3)4/h65-71,76H,9-64H2,1-8H3,(H,81,82)(H,83,84)/t67?,68?,69-,70+,71+/m0/s1. The van der Waals surface area contributed by atoms with Crippen LogP contribution in [0.2, 0.25) is 0 Å². The summed E-state index contributed by atoms with van der Waals surface area (Å²) in [5.74, 6) is 0.898. The van der Waals surface area contributed by atoms with Crippen LogP contribution >= 0.6 is 15.6 Å². The lowest BCUT2D eigenvalue weighted by atomic mass is 10.00. The Morgan fingerprint density at radius 2 is 0.511 bits per heavy atom. The molecule has 19 heteroatoms. The Balaban J connectivity index is 5.15. The van der Waals surface area contributed by atoms with E-state index in [1.165, 1.54) is 173 Å². The first-order valence-electron chi connectivity index (χ1n) is 38.8. The predicted molar refractivity (Wildman–Crippen MR) is 381 cm³/mol. The van der Waals surface area contributed by atoms with E-state index in [1.54, 1.807) is 0 Å². The summed E-state index contributed by atoms with van der Waals surface area (Å²) in [5, 5.41) is 10.6. The van der Waals surface area contributed by atoms with Crippen molar-refractivity contribution in [2.75, 3.05) is 39.6 Å². The van der Waals surface area contributed by atoms with Gasteiger partial charge in [0, 0.05) is 25.7 Å². The fourth-order valence-electron chi connectivity index (χ4n) is 11.3. The summed E-state index contributed by atoms with van der Waals surface area (Å²) in [5.41, 5.74) is 0. The molecular formula is C75H146O17P2. The monoisotopic (exact) mass is 1380 g/mol. The van der Waals surface area contributed by atoms with Crippen molar-refractivity contribution in [2.45, 2.75) is 395 Å². The third-order valence-corrected chi connectivity index (χ3v) is 19.9. The van der Waals surface area contributed by atoms with Crippen LogP contribution in [-0.4, -0.2) is 96.7 Å². The minimum Gasteiger partial charge on any atom is -0.462 e. The molecule has 17 nitrogen and oxygen atoms in total. The number of esters is 4. The second-order valence-electron chi connectivity index (χ2n) is 28.5. The number of hydrogen-bond acceptors (Lipinski definition) is 15. The summed E-state index contributed by atoms with van der Waals surface area (Å²) in [4.78, 5) is 72.7. The van der Waals surface area contributed by atoms with E-state index in [2.05, 4.69) is 55.4 Å². The van der Waals surface area contributed by atoms with Crippen molar-refractivity contribution in [3.05, 3.63) is 0 Å². The molecule has 0 saturated carbocycles. The molecule has 94 heavy (non-hydrogen) atoms. The van der Waals surface area contributed by atoms with E-state index >= 15 is 0 Å². The van der Waals surface area contributed by atoms with E-state index < -0.39 is 97.5 Å². The highest BCUT2D eigenvalue weighted by Crippen LogP contribution is 2.45. The molecule has 0 saturated heterocycles. The van der Waals surface area contributed by atoms with E-state index in [9.17, 15) is 43.2 Å². The fourth-order valence-corrected chi connectivity index (χ4v) is 12.9. The number of carbonyl (C=O) groups excluding carboxylic acids is 4. The van der Waals surface area contributed by atoms with Crippen molar-refractivity contribution in [1.29, 1.82) is 0 Å². The van der Waals surface area contributed by atoms with Crippen LogP contribution in [0, 0.1) is 23.7 Å². The first kappa shape index (κ1) is 92.1. The highest BCUT2D eigenvalue weighted by Gasteiger charge is 2.30. The molecule has 0 aliphatic carbocycles. The Morgan fingerprint density at radius 1 is 0.298 bits per heavy atom. The second kappa shape index (κ2) is 64.4. The summed E-state index contributed by atoms with van der Waals surface area (Å²) >= 11 is 0. The van der Waals surface area contributed by atoms with Crippen molar-refractivity contribution >= 4 is 39.5 Å². The molecule has 0 aromatic rings. The van der Waals surface area contributed by atoms with Gasteiger partial charge in [-0.1, -0.05) is 325 Å². The molecular weight excluding hydrogens is 1230 g/mol. The van der Waals surface area contributed by atoms with Crippen LogP contribution in [0.4, 0.5) is 0 Å². The van der Waals surface area contributed by atoms with Gasteiger partial charge in [0.2, 0.25) is 0 Å². The number of rotatable bonds is 72. The zero-order chi connectivity index (χ0) is 69.6. The zero-order valence-corrected chi connectivity index (χ0v) is 63.4. The van der Waals surface area contributed by atoms with Crippen molar-refractivity contribution in [3.63, 3.8) is 0 Å². The van der Waals surface area contributed by atoms with Gasteiger partial charge in [-0.05, 0) is 49.4 Å². The van der Waals surface area contributed by atoms with Crippen LogP contribution in [0.25, 0.3) is 0 Å². The summed E-state index contributed by atoms with van der Waals surface area (Å²) in [6.45, 7) is 14.1. The molecule has 0 aromatic carbocycles. The van der Waals surface area contributed by atoms with E-state index in [-0.39, 0.29) is 25.7 Å². The van der Waals surface area contributed by atoms with Gasteiger partial charge in [-0.2, -0.15) is 0 Å². The quantitative estimate of drug-likeness (QED) is 0.0222. The van der Waals surface area contributed by atoms with Crippen LogP contribution in [0.5, 0.6) is 0 Å². The average molecular weight is 1380 g/mol. The Morgan fingerprint density at radius 3 is 0.755 bits per heavy atom. The van der Waals surface area contributed by atoms with Crippen LogP contribution in [0.3, 0.4) is 0 Å². The molecule has 0 aromatic heterocycles. The third-order valence-electron chi connectivity index (χ3n) is 18.0. The first-order valence-corrected chi connectivity index (χ1v) is 41.8. The van der Waals surface area contributed by atoms with Gasteiger partial charge >= 0.3 is 39.5 Å². The Bertz CT molecular complexity index is 1850. The number of ether oxygens (including phenoxy) is 4. The van der Waals surface area contributed by atoms with Gasteiger partial charge in [-0.25, -0.2) is 9.13 Å². The maximum Gasteiger partial charge on any atom is 0.472 e. The van der Waals surface area contributed by atoms with Crippen LogP contribution < -0.4 is 0 Å². The minimum absolute atomic E-state index is 0.103. The Kier molecular flexibility index (Phi) is 63.1. The summed E-state index contributed by atoms with van der Waals surface area (Å²) in [7, 11) is -9.91. The third kappa shape index (κ3) is 66.0.